The van der Waals surface area contributed by atoms with Crippen LogP contribution in [0.15, 0.2) is 48.5 Å². The Morgan fingerprint density at radius 1 is 1.05 bits per heavy atom. The molecule has 0 radical (unpaired) electrons. The van der Waals surface area contributed by atoms with Gasteiger partial charge in [-0.25, -0.2) is 0 Å². The number of ether oxygens (including phenoxy) is 1. The molecular weight excluding hydrogens is 248 g/mol. The fourth-order valence-corrected chi connectivity index (χ4v) is 1.51. The molecule has 0 aliphatic carbocycles. The molecule has 104 valence electrons. The van der Waals surface area contributed by atoms with Gasteiger partial charge >= 0.3 is 0 Å². The highest BCUT2D eigenvalue weighted by atomic mass is 16.5. The Morgan fingerprint density at radius 2 is 1.75 bits per heavy atom. The molecule has 0 saturated carbocycles. The zero-order chi connectivity index (χ0) is 14.8. The number of rotatable bonds is 2. The highest BCUT2D eigenvalue weighted by Crippen LogP contribution is 2.16. The van der Waals surface area contributed by atoms with Crippen molar-refractivity contribution < 1.29 is 9.84 Å². The van der Waals surface area contributed by atoms with Crippen LogP contribution in [0, 0.1) is 18.8 Å². The molecule has 0 unspecified atom stereocenters. The van der Waals surface area contributed by atoms with E-state index >= 15 is 0 Å². The van der Waals surface area contributed by atoms with E-state index in [1.54, 1.807) is 12.1 Å². The zero-order valence-electron chi connectivity index (χ0n) is 12.2. The lowest BCUT2D eigenvalue weighted by Crippen LogP contribution is -1.93. The Balaban J connectivity index is 0.000000956. The van der Waals surface area contributed by atoms with Gasteiger partial charge in [-0.2, -0.15) is 0 Å². The van der Waals surface area contributed by atoms with E-state index in [9.17, 15) is 5.11 Å². The van der Waals surface area contributed by atoms with Crippen molar-refractivity contribution in [1.29, 1.82) is 0 Å². The molecular formula is C18H20O2. The Hall–Kier alpha value is -2.40. The molecule has 0 saturated heterocycles. The summed E-state index contributed by atoms with van der Waals surface area (Å²) >= 11 is 0. The Morgan fingerprint density at radius 3 is 2.40 bits per heavy atom. The van der Waals surface area contributed by atoms with Gasteiger partial charge in [0.15, 0.2) is 0 Å². The minimum Gasteiger partial charge on any atom is -0.508 e. The van der Waals surface area contributed by atoms with Gasteiger partial charge in [-0.05, 0) is 42.8 Å². The van der Waals surface area contributed by atoms with Crippen molar-refractivity contribution in [3.8, 4) is 23.3 Å². The lowest BCUT2D eigenvalue weighted by Gasteiger charge is -2.00. The Kier molecular flexibility index (Phi) is 6.78. The summed E-state index contributed by atoms with van der Waals surface area (Å²) < 4.78 is 5.46. The van der Waals surface area contributed by atoms with E-state index in [0.717, 1.165) is 16.9 Å². The van der Waals surface area contributed by atoms with Crippen LogP contribution in [0.25, 0.3) is 0 Å². The Bertz CT molecular complexity index is 577. The van der Waals surface area contributed by atoms with Crippen LogP contribution in [0.2, 0.25) is 0 Å². The maximum atomic E-state index is 9.39. The molecule has 0 aliphatic rings. The first kappa shape index (κ1) is 15.7. The second kappa shape index (κ2) is 8.66. The van der Waals surface area contributed by atoms with Gasteiger partial charge < -0.3 is 9.84 Å². The molecule has 0 aromatic heterocycles. The standard InChI is InChI=1S/C16H14O2.C2H6/c1-13-12-14(9-10-16(13)17)6-5-11-18-15-7-3-2-4-8-15;1-2/h2-4,7-10,12,17H,11H2,1H3;1-2H3. The summed E-state index contributed by atoms with van der Waals surface area (Å²) in [4.78, 5) is 0. The van der Waals surface area contributed by atoms with Crippen molar-refractivity contribution >= 4 is 0 Å². The number of para-hydroxylation sites is 1. The van der Waals surface area contributed by atoms with E-state index in [0.29, 0.717) is 12.4 Å². The summed E-state index contributed by atoms with van der Waals surface area (Å²) in [6, 6.07) is 14.9. The molecule has 20 heavy (non-hydrogen) atoms. The molecule has 2 aromatic carbocycles. The smallest absolute Gasteiger partial charge is 0.149 e. The predicted octanol–water partition coefficient (Wildman–Crippen LogP) is 4.16. The summed E-state index contributed by atoms with van der Waals surface area (Å²) in [6.45, 7) is 6.20. The average Bonchev–Trinajstić information content (AvgIpc) is 2.50. The summed E-state index contributed by atoms with van der Waals surface area (Å²) in [7, 11) is 0. The fourth-order valence-electron chi connectivity index (χ4n) is 1.51. The van der Waals surface area contributed by atoms with Gasteiger partial charge in [0.25, 0.3) is 0 Å². The molecule has 2 aromatic rings. The van der Waals surface area contributed by atoms with Crippen LogP contribution >= 0.6 is 0 Å². The van der Waals surface area contributed by atoms with Crippen molar-refractivity contribution in [2.75, 3.05) is 6.61 Å². The van der Waals surface area contributed by atoms with Crippen molar-refractivity contribution in [1.82, 2.24) is 0 Å². The number of phenols is 1. The molecule has 0 fully saturated rings. The highest BCUT2D eigenvalue weighted by molar-refractivity contribution is 5.42. The van der Waals surface area contributed by atoms with E-state index in [2.05, 4.69) is 11.8 Å². The van der Waals surface area contributed by atoms with Crippen LogP contribution in [-0.4, -0.2) is 11.7 Å². The number of phenolic OH excluding ortho intramolecular Hbond substituents is 1. The van der Waals surface area contributed by atoms with Crippen LogP contribution < -0.4 is 4.74 Å². The predicted molar refractivity (Wildman–Crippen MR) is 83.0 cm³/mol. The van der Waals surface area contributed by atoms with Crippen LogP contribution in [0.3, 0.4) is 0 Å². The van der Waals surface area contributed by atoms with E-state index < -0.39 is 0 Å². The number of aryl methyl sites for hydroxylation is 1. The van der Waals surface area contributed by atoms with Gasteiger partial charge in [0.1, 0.15) is 18.1 Å². The van der Waals surface area contributed by atoms with E-state index in [1.165, 1.54) is 0 Å². The fraction of sp³-hybridized carbons (Fsp3) is 0.222. The summed E-state index contributed by atoms with van der Waals surface area (Å²) in [5.41, 5.74) is 1.70. The number of benzene rings is 2. The molecule has 2 heteroatoms. The summed E-state index contributed by atoms with van der Waals surface area (Å²) in [5, 5.41) is 9.39. The van der Waals surface area contributed by atoms with Gasteiger partial charge in [-0.1, -0.05) is 43.9 Å². The Labute approximate surface area is 121 Å². The SMILES string of the molecule is CC.Cc1cc(C#CCOc2ccccc2)ccc1O. The van der Waals surface area contributed by atoms with Crippen LogP contribution in [0.5, 0.6) is 11.5 Å². The third-order valence-corrected chi connectivity index (χ3v) is 2.48. The number of hydrogen-bond acceptors (Lipinski definition) is 2. The minimum absolute atomic E-state index is 0.293. The highest BCUT2D eigenvalue weighted by Gasteiger charge is 1.94. The first-order valence-electron chi connectivity index (χ1n) is 6.72. The molecule has 1 N–H and O–H groups in total. The van der Waals surface area contributed by atoms with Crippen LogP contribution in [-0.2, 0) is 0 Å². The van der Waals surface area contributed by atoms with E-state index in [-0.39, 0.29) is 0 Å². The summed E-state index contributed by atoms with van der Waals surface area (Å²) in [6.07, 6.45) is 0. The van der Waals surface area contributed by atoms with Gasteiger partial charge in [0, 0.05) is 5.56 Å². The molecule has 2 rings (SSSR count). The minimum atomic E-state index is 0.293. The molecule has 0 spiro atoms. The van der Waals surface area contributed by atoms with Gasteiger partial charge in [0.2, 0.25) is 0 Å². The second-order valence-corrected chi connectivity index (χ2v) is 3.90. The average molecular weight is 268 g/mol. The maximum absolute atomic E-state index is 9.39. The third kappa shape index (κ3) is 5.07. The molecule has 0 bridgehead atoms. The molecule has 0 aliphatic heterocycles. The van der Waals surface area contributed by atoms with Crippen molar-refractivity contribution in [3.63, 3.8) is 0 Å². The van der Waals surface area contributed by atoms with Crippen molar-refractivity contribution in [3.05, 3.63) is 59.7 Å². The molecule has 0 heterocycles. The molecule has 0 amide bonds. The monoisotopic (exact) mass is 268 g/mol. The first-order chi connectivity index (χ1) is 9.75. The van der Waals surface area contributed by atoms with Gasteiger partial charge in [-0.15, -0.1) is 0 Å². The van der Waals surface area contributed by atoms with Crippen molar-refractivity contribution in [2.45, 2.75) is 20.8 Å². The van der Waals surface area contributed by atoms with Crippen molar-refractivity contribution in [2.24, 2.45) is 0 Å². The number of hydrogen-bond donors (Lipinski definition) is 1. The number of aromatic hydroxyl groups is 1. The first-order valence-corrected chi connectivity index (χ1v) is 6.72. The largest absolute Gasteiger partial charge is 0.508 e. The molecule has 0 atom stereocenters. The quantitative estimate of drug-likeness (QED) is 0.829. The second-order valence-electron chi connectivity index (χ2n) is 3.90. The normalized spacial score (nSPS) is 8.75. The van der Waals surface area contributed by atoms with Gasteiger partial charge in [-0.3, -0.25) is 0 Å². The lowest BCUT2D eigenvalue weighted by molar-refractivity contribution is 0.370. The van der Waals surface area contributed by atoms with Crippen LogP contribution in [0.1, 0.15) is 25.0 Å². The maximum Gasteiger partial charge on any atom is 0.149 e. The van der Waals surface area contributed by atoms with E-state index in [4.69, 9.17) is 4.74 Å². The zero-order valence-corrected chi connectivity index (χ0v) is 12.2. The lowest BCUT2D eigenvalue weighted by atomic mass is 10.1. The van der Waals surface area contributed by atoms with E-state index in [1.807, 2.05) is 57.2 Å². The summed E-state index contributed by atoms with van der Waals surface area (Å²) in [5.74, 6) is 7.05. The van der Waals surface area contributed by atoms with Gasteiger partial charge in [0.05, 0.1) is 0 Å². The third-order valence-electron chi connectivity index (χ3n) is 2.48. The van der Waals surface area contributed by atoms with Crippen LogP contribution in [0.4, 0.5) is 0 Å². The molecule has 2 nitrogen and oxygen atoms in total. The topological polar surface area (TPSA) is 29.5 Å².